The number of halogens is 3. The Bertz CT molecular complexity index is 707. The first-order valence-electron chi connectivity index (χ1n) is 6.55. The van der Waals surface area contributed by atoms with E-state index in [0.717, 1.165) is 11.6 Å². The lowest BCUT2D eigenvalue weighted by atomic mass is 10.2. The summed E-state index contributed by atoms with van der Waals surface area (Å²) in [7, 11) is 0. The van der Waals surface area contributed by atoms with Crippen LogP contribution >= 0.6 is 23.2 Å². The van der Waals surface area contributed by atoms with Crippen LogP contribution in [0.5, 0.6) is 5.75 Å². The highest BCUT2D eigenvalue weighted by Crippen LogP contribution is 2.26. The number of nitrogens with one attached hydrogen (secondary N) is 1. The molecule has 0 aliphatic heterocycles. The Balaban J connectivity index is 2.07. The van der Waals surface area contributed by atoms with E-state index in [2.05, 4.69) is 5.32 Å². The third-order valence-corrected chi connectivity index (χ3v) is 3.50. The largest absolute Gasteiger partial charge is 0.479 e. The molecular formula is C16H14Cl2FNO2. The van der Waals surface area contributed by atoms with Crippen LogP contribution in [0, 0.1) is 12.7 Å². The van der Waals surface area contributed by atoms with Gasteiger partial charge in [0.05, 0.1) is 10.7 Å². The number of hydrogen-bond acceptors (Lipinski definition) is 2. The molecule has 3 nitrogen and oxygen atoms in total. The Morgan fingerprint density at radius 3 is 2.64 bits per heavy atom. The number of carbonyl (C=O) groups excluding carboxylic acids is 1. The van der Waals surface area contributed by atoms with Crippen molar-refractivity contribution in [2.24, 2.45) is 0 Å². The first kappa shape index (κ1) is 16.6. The summed E-state index contributed by atoms with van der Waals surface area (Å²) in [6.07, 6.45) is -0.839. The predicted molar refractivity (Wildman–Crippen MR) is 86.3 cm³/mol. The van der Waals surface area contributed by atoms with Crippen molar-refractivity contribution in [3.05, 3.63) is 57.8 Å². The molecular weight excluding hydrogens is 328 g/mol. The maximum Gasteiger partial charge on any atom is 0.265 e. The molecule has 0 spiro atoms. The SMILES string of the molecule is Cc1ccc(Cl)c(OC(C)C(=O)Nc2ccc(Cl)cc2F)c1. The third kappa shape index (κ3) is 4.12. The Morgan fingerprint density at radius 1 is 1.23 bits per heavy atom. The lowest BCUT2D eigenvalue weighted by Gasteiger charge is -2.16. The Hall–Kier alpha value is -1.78. The fraction of sp³-hybridized carbons (Fsp3) is 0.188. The molecule has 116 valence electrons. The van der Waals surface area contributed by atoms with Gasteiger partial charge in [0.25, 0.3) is 5.91 Å². The quantitative estimate of drug-likeness (QED) is 0.863. The second-order valence-corrected chi connectivity index (χ2v) is 5.65. The fourth-order valence-corrected chi connectivity index (χ4v) is 2.09. The molecule has 1 N–H and O–H groups in total. The van der Waals surface area contributed by atoms with Crippen LogP contribution in [-0.2, 0) is 4.79 Å². The van der Waals surface area contributed by atoms with Gasteiger partial charge in [0, 0.05) is 5.02 Å². The minimum absolute atomic E-state index is 0.0418. The van der Waals surface area contributed by atoms with Gasteiger partial charge < -0.3 is 10.1 Å². The van der Waals surface area contributed by atoms with Crippen molar-refractivity contribution in [2.75, 3.05) is 5.32 Å². The molecule has 0 aliphatic carbocycles. The van der Waals surface area contributed by atoms with Gasteiger partial charge in [0.1, 0.15) is 11.6 Å². The first-order chi connectivity index (χ1) is 10.4. The molecule has 0 aromatic heterocycles. The number of aryl methyl sites for hydroxylation is 1. The second-order valence-electron chi connectivity index (χ2n) is 4.81. The molecule has 0 heterocycles. The van der Waals surface area contributed by atoms with E-state index in [-0.39, 0.29) is 10.7 Å². The molecule has 0 bridgehead atoms. The minimum Gasteiger partial charge on any atom is -0.479 e. The minimum atomic E-state index is -0.839. The zero-order valence-electron chi connectivity index (χ0n) is 12.0. The molecule has 0 saturated carbocycles. The molecule has 6 heteroatoms. The molecule has 0 fully saturated rings. The Morgan fingerprint density at radius 2 is 1.95 bits per heavy atom. The van der Waals surface area contributed by atoms with Crippen LogP contribution in [0.2, 0.25) is 10.0 Å². The standard InChI is InChI=1S/C16H14Cl2FNO2/c1-9-3-5-12(18)15(7-9)22-10(2)16(21)20-14-6-4-11(17)8-13(14)19/h3-8,10H,1-2H3,(H,20,21). The first-order valence-corrected chi connectivity index (χ1v) is 7.31. The van der Waals surface area contributed by atoms with Crippen molar-refractivity contribution >= 4 is 34.8 Å². The van der Waals surface area contributed by atoms with Crippen LogP contribution in [0.1, 0.15) is 12.5 Å². The molecule has 2 aromatic carbocycles. The van der Waals surface area contributed by atoms with Crippen molar-refractivity contribution in [1.82, 2.24) is 0 Å². The van der Waals surface area contributed by atoms with E-state index < -0.39 is 17.8 Å². The average Bonchev–Trinajstić information content (AvgIpc) is 2.45. The van der Waals surface area contributed by atoms with E-state index in [4.69, 9.17) is 27.9 Å². The molecule has 0 saturated heterocycles. The Kier molecular flexibility index (Phi) is 5.27. The van der Waals surface area contributed by atoms with Gasteiger partial charge in [-0.1, -0.05) is 29.3 Å². The lowest BCUT2D eigenvalue weighted by Crippen LogP contribution is -2.30. The molecule has 2 rings (SSSR count). The van der Waals surface area contributed by atoms with Gasteiger partial charge in [-0.15, -0.1) is 0 Å². The highest BCUT2D eigenvalue weighted by atomic mass is 35.5. The third-order valence-electron chi connectivity index (χ3n) is 2.95. The van der Waals surface area contributed by atoms with Crippen LogP contribution in [0.15, 0.2) is 36.4 Å². The van der Waals surface area contributed by atoms with Gasteiger partial charge in [-0.25, -0.2) is 4.39 Å². The summed E-state index contributed by atoms with van der Waals surface area (Å²) < 4.78 is 19.2. The number of rotatable bonds is 4. The van der Waals surface area contributed by atoms with E-state index in [1.807, 2.05) is 13.0 Å². The summed E-state index contributed by atoms with van der Waals surface area (Å²) >= 11 is 11.7. The highest BCUT2D eigenvalue weighted by Gasteiger charge is 2.18. The van der Waals surface area contributed by atoms with Crippen LogP contribution in [0.25, 0.3) is 0 Å². The van der Waals surface area contributed by atoms with Crippen molar-refractivity contribution in [1.29, 1.82) is 0 Å². The van der Waals surface area contributed by atoms with Gasteiger partial charge in [-0.2, -0.15) is 0 Å². The van der Waals surface area contributed by atoms with Crippen molar-refractivity contribution in [3.63, 3.8) is 0 Å². The zero-order valence-corrected chi connectivity index (χ0v) is 13.5. The van der Waals surface area contributed by atoms with E-state index in [9.17, 15) is 9.18 Å². The summed E-state index contributed by atoms with van der Waals surface area (Å²) in [5.41, 5.74) is 0.996. The topological polar surface area (TPSA) is 38.3 Å². The van der Waals surface area contributed by atoms with Crippen LogP contribution < -0.4 is 10.1 Å². The maximum absolute atomic E-state index is 13.7. The number of hydrogen-bond donors (Lipinski definition) is 1. The summed E-state index contributed by atoms with van der Waals surface area (Å²) in [4.78, 5) is 12.1. The second kappa shape index (κ2) is 6.99. The summed E-state index contributed by atoms with van der Waals surface area (Å²) in [6, 6.07) is 9.26. The molecule has 1 amide bonds. The van der Waals surface area contributed by atoms with E-state index in [1.165, 1.54) is 12.1 Å². The van der Waals surface area contributed by atoms with Crippen molar-refractivity contribution < 1.29 is 13.9 Å². The van der Waals surface area contributed by atoms with Crippen LogP contribution in [-0.4, -0.2) is 12.0 Å². The normalized spacial score (nSPS) is 11.9. The van der Waals surface area contributed by atoms with Crippen molar-refractivity contribution in [3.8, 4) is 5.75 Å². The van der Waals surface area contributed by atoms with E-state index >= 15 is 0 Å². The van der Waals surface area contributed by atoms with Gasteiger partial charge in [-0.3, -0.25) is 4.79 Å². The van der Waals surface area contributed by atoms with E-state index in [1.54, 1.807) is 19.1 Å². The Labute approximate surface area is 138 Å². The lowest BCUT2D eigenvalue weighted by molar-refractivity contribution is -0.122. The van der Waals surface area contributed by atoms with Gasteiger partial charge in [-0.05, 0) is 49.7 Å². The number of benzene rings is 2. The van der Waals surface area contributed by atoms with Crippen LogP contribution in [0.4, 0.5) is 10.1 Å². The summed E-state index contributed by atoms with van der Waals surface area (Å²) in [6.45, 7) is 3.44. The van der Waals surface area contributed by atoms with E-state index in [0.29, 0.717) is 10.8 Å². The monoisotopic (exact) mass is 341 g/mol. The molecule has 1 unspecified atom stereocenters. The molecule has 0 radical (unpaired) electrons. The summed E-state index contributed by atoms with van der Waals surface area (Å²) in [5.74, 6) is -0.693. The highest BCUT2D eigenvalue weighted by molar-refractivity contribution is 6.32. The number of ether oxygens (including phenoxy) is 1. The average molecular weight is 342 g/mol. The number of anilines is 1. The zero-order chi connectivity index (χ0) is 16.3. The van der Waals surface area contributed by atoms with Gasteiger partial charge >= 0.3 is 0 Å². The van der Waals surface area contributed by atoms with Crippen molar-refractivity contribution in [2.45, 2.75) is 20.0 Å². The molecule has 0 aliphatic rings. The maximum atomic E-state index is 13.7. The van der Waals surface area contributed by atoms with Gasteiger partial charge in [0.15, 0.2) is 6.10 Å². The molecule has 22 heavy (non-hydrogen) atoms. The molecule has 2 aromatic rings. The number of carbonyl (C=O) groups is 1. The predicted octanol–water partition coefficient (Wildman–Crippen LogP) is 4.85. The smallest absolute Gasteiger partial charge is 0.265 e. The fourth-order valence-electron chi connectivity index (χ4n) is 1.77. The molecule has 1 atom stereocenters. The summed E-state index contributed by atoms with van der Waals surface area (Å²) in [5, 5.41) is 3.11. The number of amides is 1. The van der Waals surface area contributed by atoms with Gasteiger partial charge in [0.2, 0.25) is 0 Å². The van der Waals surface area contributed by atoms with Crippen LogP contribution in [0.3, 0.4) is 0 Å².